The van der Waals surface area contributed by atoms with Crippen LogP contribution in [0, 0.1) is 0 Å². The molecule has 17 heavy (non-hydrogen) atoms. The van der Waals surface area contributed by atoms with Gasteiger partial charge in [0.2, 0.25) is 0 Å². The summed E-state index contributed by atoms with van der Waals surface area (Å²) in [6, 6.07) is 3.61. The Morgan fingerprint density at radius 2 is 2.29 bits per heavy atom. The summed E-state index contributed by atoms with van der Waals surface area (Å²) in [7, 11) is 1.87. The molecule has 0 aliphatic carbocycles. The monoisotopic (exact) mass is 235 g/mol. The van der Waals surface area contributed by atoms with Crippen LogP contribution in [-0.2, 0) is 6.54 Å². The first-order valence-electron chi connectivity index (χ1n) is 5.59. The van der Waals surface area contributed by atoms with Crippen molar-refractivity contribution in [2.24, 2.45) is 0 Å². The van der Waals surface area contributed by atoms with Crippen LogP contribution in [0.5, 0.6) is 0 Å². The van der Waals surface area contributed by atoms with Gasteiger partial charge in [0, 0.05) is 25.7 Å². The van der Waals surface area contributed by atoms with Gasteiger partial charge in [-0.15, -0.1) is 0 Å². The van der Waals surface area contributed by atoms with Crippen molar-refractivity contribution in [3.63, 3.8) is 0 Å². The molecule has 0 spiro atoms. The van der Waals surface area contributed by atoms with E-state index in [1.54, 1.807) is 13.0 Å². The second kappa shape index (κ2) is 4.25. The maximum Gasteiger partial charge on any atom is 0.251 e. The van der Waals surface area contributed by atoms with Gasteiger partial charge in [0.15, 0.2) is 0 Å². The Balaban J connectivity index is 2.33. The lowest BCUT2D eigenvalue weighted by Crippen LogP contribution is -2.27. The lowest BCUT2D eigenvalue weighted by atomic mass is 10.1. The fourth-order valence-electron chi connectivity index (χ4n) is 2.10. The third-order valence-electron chi connectivity index (χ3n) is 2.89. The second-order valence-corrected chi connectivity index (χ2v) is 4.48. The zero-order chi connectivity index (χ0) is 12.6. The molecule has 1 unspecified atom stereocenters. The van der Waals surface area contributed by atoms with E-state index in [4.69, 9.17) is 5.73 Å². The number of hydrogen-bond donors (Lipinski definition) is 3. The van der Waals surface area contributed by atoms with Gasteiger partial charge < -0.3 is 21.1 Å². The van der Waals surface area contributed by atoms with E-state index in [2.05, 4.69) is 5.32 Å². The molecule has 4 N–H and O–H groups in total. The molecule has 1 aromatic rings. The third kappa shape index (κ3) is 2.19. The van der Waals surface area contributed by atoms with Crippen LogP contribution in [0.15, 0.2) is 12.1 Å². The van der Waals surface area contributed by atoms with Crippen molar-refractivity contribution in [1.82, 2.24) is 5.32 Å². The topological polar surface area (TPSA) is 78.6 Å². The number of nitrogens with two attached hydrogens (primary N) is 1. The SMILES string of the molecule is CC(O)CN(C)c1cc2c(cc1N)C(=O)NC2. The van der Waals surface area contributed by atoms with E-state index in [1.165, 1.54) is 0 Å². The zero-order valence-corrected chi connectivity index (χ0v) is 10.0. The summed E-state index contributed by atoms with van der Waals surface area (Å²) in [6.07, 6.45) is -0.424. The zero-order valence-electron chi connectivity index (χ0n) is 10.0. The van der Waals surface area contributed by atoms with E-state index in [1.807, 2.05) is 18.0 Å². The number of amides is 1. The van der Waals surface area contributed by atoms with E-state index in [0.717, 1.165) is 11.3 Å². The highest BCUT2D eigenvalue weighted by molar-refractivity contribution is 6.00. The van der Waals surface area contributed by atoms with Crippen LogP contribution in [0.25, 0.3) is 0 Å². The van der Waals surface area contributed by atoms with Crippen molar-refractivity contribution in [1.29, 1.82) is 0 Å². The highest BCUT2D eigenvalue weighted by Gasteiger charge is 2.21. The van der Waals surface area contributed by atoms with Gasteiger partial charge in [0.25, 0.3) is 5.91 Å². The van der Waals surface area contributed by atoms with Gasteiger partial charge in [-0.05, 0) is 24.6 Å². The fourth-order valence-corrected chi connectivity index (χ4v) is 2.10. The molecular formula is C12H17N3O2. The average Bonchev–Trinajstić information content (AvgIpc) is 2.58. The number of fused-ring (bicyclic) bond motifs is 1. The highest BCUT2D eigenvalue weighted by atomic mass is 16.3. The van der Waals surface area contributed by atoms with E-state index < -0.39 is 6.10 Å². The lowest BCUT2D eigenvalue weighted by molar-refractivity contribution is 0.0966. The van der Waals surface area contributed by atoms with Crippen LogP contribution in [0.1, 0.15) is 22.8 Å². The van der Waals surface area contributed by atoms with E-state index in [9.17, 15) is 9.90 Å². The number of rotatable bonds is 3. The van der Waals surface area contributed by atoms with Crippen molar-refractivity contribution < 1.29 is 9.90 Å². The van der Waals surface area contributed by atoms with Crippen molar-refractivity contribution >= 4 is 17.3 Å². The standard InChI is InChI=1S/C12H17N3O2/c1-7(16)6-15(2)11-3-8-5-14-12(17)9(8)4-10(11)13/h3-4,7,16H,5-6,13H2,1-2H3,(H,14,17). The number of nitrogens with zero attached hydrogens (tertiary/aromatic N) is 1. The number of hydrogen-bond acceptors (Lipinski definition) is 4. The normalized spacial score (nSPS) is 15.4. The minimum Gasteiger partial charge on any atom is -0.397 e. The number of likely N-dealkylation sites (N-methyl/N-ethyl adjacent to an activating group) is 1. The maximum absolute atomic E-state index is 11.5. The predicted molar refractivity (Wildman–Crippen MR) is 67.0 cm³/mol. The van der Waals surface area contributed by atoms with Crippen LogP contribution in [0.3, 0.4) is 0 Å². The molecule has 0 saturated heterocycles. The van der Waals surface area contributed by atoms with Gasteiger partial charge >= 0.3 is 0 Å². The van der Waals surface area contributed by atoms with Crippen molar-refractivity contribution in [3.05, 3.63) is 23.3 Å². The van der Waals surface area contributed by atoms with Gasteiger partial charge in [0.1, 0.15) is 0 Å². The van der Waals surface area contributed by atoms with Crippen LogP contribution in [0.2, 0.25) is 0 Å². The van der Waals surface area contributed by atoms with Crippen LogP contribution < -0.4 is 16.0 Å². The molecular weight excluding hydrogens is 218 g/mol. The number of aliphatic hydroxyl groups excluding tert-OH is 1. The molecule has 1 amide bonds. The Bertz CT molecular complexity index is 457. The summed E-state index contributed by atoms with van der Waals surface area (Å²) in [6.45, 7) is 2.78. The van der Waals surface area contributed by atoms with E-state index in [0.29, 0.717) is 24.3 Å². The summed E-state index contributed by atoms with van der Waals surface area (Å²) in [4.78, 5) is 13.3. The molecule has 2 rings (SSSR count). The van der Waals surface area contributed by atoms with Gasteiger partial charge in [-0.2, -0.15) is 0 Å². The summed E-state index contributed by atoms with van der Waals surface area (Å²) in [5.74, 6) is -0.0728. The van der Waals surface area contributed by atoms with Crippen LogP contribution in [0.4, 0.5) is 11.4 Å². The molecule has 0 saturated carbocycles. The number of anilines is 2. The Morgan fingerprint density at radius 1 is 1.59 bits per heavy atom. The smallest absolute Gasteiger partial charge is 0.251 e. The maximum atomic E-state index is 11.5. The number of benzene rings is 1. The third-order valence-corrected chi connectivity index (χ3v) is 2.89. The Labute approximate surface area is 100 Å². The molecule has 1 atom stereocenters. The number of carbonyl (C=O) groups is 1. The first-order valence-corrected chi connectivity index (χ1v) is 5.59. The van der Waals surface area contributed by atoms with Gasteiger partial charge in [0.05, 0.1) is 17.5 Å². The molecule has 0 radical (unpaired) electrons. The molecule has 0 aromatic heterocycles. The largest absolute Gasteiger partial charge is 0.397 e. The van der Waals surface area contributed by atoms with Gasteiger partial charge in [-0.25, -0.2) is 0 Å². The highest BCUT2D eigenvalue weighted by Crippen LogP contribution is 2.29. The van der Waals surface area contributed by atoms with Crippen LogP contribution in [-0.4, -0.2) is 30.7 Å². The molecule has 5 nitrogen and oxygen atoms in total. The molecule has 1 aliphatic heterocycles. The minimum absolute atomic E-state index is 0.0728. The number of carbonyl (C=O) groups excluding carboxylic acids is 1. The van der Waals surface area contributed by atoms with Gasteiger partial charge in [-0.1, -0.05) is 0 Å². The molecule has 0 bridgehead atoms. The molecule has 1 heterocycles. The quantitative estimate of drug-likeness (QED) is 0.660. The molecule has 0 fully saturated rings. The molecule has 5 heteroatoms. The van der Waals surface area contributed by atoms with E-state index >= 15 is 0 Å². The van der Waals surface area contributed by atoms with Crippen LogP contribution >= 0.6 is 0 Å². The fraction of sp³-hybridized carbons (Fsp3) is 0.417. The molecule has 1 aliphatic rings. The summed E-state index contributed by atoms with van der Waals surface area (Å²) in [5, 5.41) is 12.1. The second-order valence-electron chi connectivity index (χ2n) is 4.48. The minimum atomic E-state index is -0.424. The summed E-state index contributed by atoms with van der Waals surface area (Å²) < 4.78 is 0. The molecule has 1 aromatic carbocycles. The first kappa shape index (κ1) is 11.7. The first-order chi connectivity index (χ1) is 7.99. The Morgan fingerprint density at radius 3 is 2.94 bits per heavy atom. The Kier molecular flexibility index (Phi) is 2.93. The predicted octanol–water partition coefficient (Wildman–Crippen LogP) is 0.329. The summed E-state index contributed by atoms with van der Waals surface area (Å²) >= 11 is 0. The van der Waals surface area contributed by atoms with Crippen molar-refractivity contribution in [2.45, 2.75) is 19.6 Å². The molecule has 92 valence electrons. The van der Waals surface area contributed by atoms with Crippen molar-refractivity contribution in [2.75, 3.05) is 24.2 Å². The van der Waals surface area contributed by atoms with E-state index in [-0.39, 0.29) is 5.91 Å². The van der Waals surface area contributed by atoms with Crippen molar-refractivity contribution in [3.8, 4) is 0 Å². The Hall–Kier alpha value is -1.75. The average molecular weight is 235 g/mol. The summed E-state index contributed by atoms with van der Waals surface area (Å²) in [5.41, 5.74) is 8.94. The number of nitrogens with one attached hydrogen (secondary N) is 1. The lowest BCUT2D eigenvalue weighted by Gasteiger charge is -2.23. The van der Waals surface area contributed by atoms with Gasteiger partial charge in [-0.3, -0.25) is 4.79 Å². The number of aliphatic hydroxyl groups is 1. The number of nitrogen functional groups attached to an aromatic ring is 1.